The van der Waals surface area contributed by atoms with Crippen LogP contribution in [0.2, 0.25) is 5.02 Å². The molecule has 1 aromatic carbocycles. The molecule has 6 nitrogen and oxygen atoms in total. The lowest BCUT2D eigenvalue weighted by molar-refractivity contribution is -0.121. The molecule has 1 aliphatic rings. The van der Waals surface area contributed by atoms with Gasteiger partial charge < -0.3 is 5.32 Å². The van der Waals surface area contributed by atoms with Crippen molar-refractivity contribution in [1.29, 1.82) is 0 Å². The standard InChI is InChI=1S/C21H24ClN5O/c1-14-7-12-27-19(13-14)24-25-20(27)16-8-10-26(11-9-16)15(2)21(28)23-18-5-3-17(22)4-6-18/h3-7,12-13,15-16H,8-11H2,1-2H3,(H,23,28)/t15-/m0/s1. The summed E-state index contributed by atoms with van der Waals surface area (Å²) in [7, 11) is 0. The van der Waals surface area contributed by atoms with Gasteiger partial charge in [0.15, 0.2) is 5.65 Å². The summed E-state index contributed by atoms with van der Waals surface area (Å²) in [5.41, 5.74) is 2.84. The minimum absolute atomic E-state index is 0.00387. The van der Waals surface area contributed by atoms with Gasteiger partial charge in [-0.3, -0.25) is 14.1 Å². The highest BCUT2D eigenvalue weighted by Gasteiger charge is 2.29. The lowest BCUT2D eigenvalue weighted by atomic mass is 9.95. The number of hydrogen-bond acceptors (Lipinski definition) is 4. The van der Waals surface area contributed by atoms with Gasteiger partial charge in [-0.1, -0.05) is 11.6 Å². The third kappa shape index (κ3) is 3.88. The molecule has 0 spiro atoms. The average molecular weight is 398 g/mol. The fraction of sp³-hybridized carbons (Fsp3) is 0.381. The number of amides is 1. The normalized spacial score (nSPS) is 17.0. The van der Waals surface area contributed by atoms with Gasteiger partial charge in [0.25, 0.3) is 0 Å². The van der Waals surface area contributed by atoms with Crippen LogP contribution in [-0.2, 0) is 4.79 Å². The second-order valence-corrected chi connectivity index (χ2v) is 7.91. The van der Waals surface area contributed by atoms with E-state index in [-0.39, 0.29) is 11.9 Å². The predicted molar refractivity (Wildman–Crippen MR) is 111 cm³/mol. The van der Waals surface area contributed by atoms with Crippen LogP contribution in [0.1, 0.15) is 37.1 Å². The van der Waals surface area contributed by atoms with Crippen LogP contribution in [0, 0.1) is 6.92 Å². The summed E-state index contributed by atoms with van der Waals surface area (Å²) in [6.45, 7) is 5.74. The van der Waals surface area contributed by atoms with Gasteiger partial charge in [-0.2, -0.15) is 0 Å². The maximum atomic E-state index is 12.6. The molecule has 146 valence electrons. The van der Waals surface area contributed by atoms with E-state index in [9.17, 15) is 4.79 Å². The zero-order valence-electron chi connectivity index (χ0n) is 16.1. The van der Waals surface area contributed by atoms with Crippen LogP contribution in [0.4, 0.5) is 5.69 Å². The van der Waals surface area contributed by atoms with Crippen molar-refractivity contribution in [2.75, 3.05) is 18.4 Å². The number of benzene rings is 1. The first-order valence-electron chi connectivity index (χ1n) is 9.63. The molecular weight excluding hydrogens is 374 g/mol. The summed E-state index contributed by atoms with van der Waals surface area (Å²) in [6, 6.07) is 11.1. The van der Waals surface area contributed by atoms with E-state index in [1.54, 1.807) is 12.1 Å². The van der Waals surface area contributed by atoms with Crippen LogP contribution >= 0.6 is 11.6 Å². The number of nitrogens with one attached hydrogen (secondary N) is 1. The van der Waals surface area contributed by atoms with Crippen LogP contribution < -0.4 is 5.32 Å². The molecule has 0 aliphatic carbocycles. The number of likely N-dealkylation sites (tertiary alicyclic amines) is 1. The second kappa shape index (κ2) is 7.89. The molecule has 4 rings (SSSR count). The van der Waals surface area contributed by atoms with Gasteiger partial charge in [-0.05, 0) is 81.7 Å². The number of carbonyl (C=O) groups is 1. The van der Waals surface area contributed by atoms with Crippen molar-refractivity contribution in [2.45, 2.75) is 38.6 Å². The van der Waals surface area contributed by atoms with E-state index in [1.807, 2.05) is 19.1 Å². The highest BCUT2D eigenvalue weighted by atomic mass is 35.5. The number of fused-ring (bicyclic) bond motifs is 1. The van der Waals surface area contributed by atoms with Gasteiger partial charge in [0, 0.05) is 22.8 Å². The first-order chi connectivity index (χ1) is 13.5. The maximum Gasteiger partial charge on any atom is 0.241 e. The Labute approximate surface area is 169 Å². The first kappa shape index (κ1) is 18.9. The zero-order valence-corrected chi connectivity index (χ0v) is 16.9. The molecule has 1 N–H and O–H groups in total. The molecule has 1 aliphatic heterocycles. The first-order valence-corrected chi connectivity index (χ1v) is 10.0. The van der Waals surface area contributed by atoms with Gasteiger partial charge in [0.1, 0.15) is 5.82 Å². The van der Waals surface area contributed by atoms with Gasteiger partial charge >= 0.3 is 0 Å². The molecule has 0 radical (unpaired) electrons. The molecule has 2 aromatic heterocycles. The summed E-state index contributed by atoms with van der Waals surface area (Å²) < 4.78 is 2.09. The number of hydrogen-bond donors (Lipinski definition) is 1. The SMILES string of the molecule is Cc1ccn2c(C3CCN([C@@H](C)C(=O)Nc4ccc(Cl)cc4)CC3)nnc2c1. The molecule has 7 heteroatoms. The summed E-state index contributed by atoms with van der Waals surface area (Å²) in [4.78, 5) is 14.8. The number of anilines is 1. The molecule has 0 saturated carbocycles. The van der Waals surface area contributed by atoms with Gasteiger partial charge in [0.2, 0.25) is 5.91 Å². The van der Waals surface area contributed by atoms with Crippen molar-refractivity contribution in [3.63, 3.8) is 0 Å². The lowest BCUT2D eigenvalue weighted by Crippen LogP contribution is -2.45. The minimum atomic E-state index is -0.186. The number of carbonyl (C=O) groups excluding carboxylic acids is 1. The summed E-state index contributed by atoms with van der Waals surface area (Å²) >= 11 is 5.90. The number of aromatic nitrogens is 3. The maximum absolute atomic E-state index is 12.6. The molecule has 3 heterocycles. The monoisotopic (exact) mass is 397 g/mol. The topological polar surface area (TPSA) is 62.5 Å². The molecule has 0 unspecified atom stereocenters. The Morgan fingerprint density at radius 1 is 1.18 bits per heavy atom. The van der Waals surface area contributed by atoms with Crippen LogP contribution in [0.5, 0.6) is 0 Å². The van der Waals surface area contributed by atoms with E-state index in [4.69, 9.17) is 11.6 Å². The number of rotatable bonds is 4. The Hall–Kier alpha value is -2.44. The van der Waals surface area contributed by atoms with Gasteiger partial charge in [0.05, 0.1) is 6.04 Å². The van der Waals surface area contributed by atoms with Crippen LogP contribution in [0.3, 0.4) is 0 Å². The Morgan fingerprint density at radius 2 is 1.89 bits per heavy atom. The van der Waals surface area contributed by atoms with E-state index < -0.39 is 0 Å². The molecule has 1 saturated heterocycles. The highest BCUT2D eigenvalue weighted by Crippen LogP contribution is 2.28. The Bertz CT molecular complexity index is 976. The van der Waals surface area contributed by atoms with Crippen molar-refractivity contribution >= 4 is 28.8 Å². The third-order valence-corrected chi connectivity index (χ3v) is 5.78. The van der Waals surface area contributed by atoms with Crippen molar-refractivity contribution in [1.82, 2.24) is 19.5 Å². The number of nitrogens with zero attached hydrogens (tertiary/aromatic N) is 4. The van der Waals surface area contributed by atoms with Crippen LogP contribution in [0.25, 0.3) is 5.65 Å². The molecule has 1 amide bonds. The second-order valence-electron chi connectivity index (χ2n) is 7.47. The summed E-state index contributed by atoms with van der Waals surface area (Å²) in [5.74, 6) is 1.39. The van der Waals surface area contributed by atoms with Crippen molar-refractivity contribution in [3.8, 4) is 0 Å². The van der Waals surface area contributed by atoms with Crippen molar-refractivity contribution in [2.24, 2.45) is 0 Å². The van der Waals surface area contributed by atoms with E-state index in [0.29, 0.717) is 10.9 Å². The lowest BCUT2D eigenvalue weighted by Gasteiger charge is -2.34. The van der Waals surface area contributed by atoms with Gasteiger partial charge in [-0.15, -0.1) is 10.2 Å². The third-order valence-electron chi connectivity index (χ3n) is 5.53. The summed E-state index contributed by atoms with van der Waals surface area (Å²) in [5, 5.41) is 12.4. The van der Waals surface area contributed by atoms with E-state index in [2.05, 4.69) is 50.1 Å². The zero-order chi connectivity index (χ0) is 19.7. The smallest absolute Gasteiger partial charge is 0.241 e. The fourth-order valence-corrected chi connectivity index (χ4v) is 3.91. The fourth-order valence-electron chi connectivity index (χ4n) is 3.78. The minimum Gasteiger partial charge on any atom is -0.325 e. The summed E-state index contributed by atoms with van der Waals surface area (Å²) in [6.07, 6.45) is 3.98. The number of aryl methyl sites for hydroxylation is 1. The number of pyridine rings is 1. The van der Waals surface area contributed by atoms with Crippen molar-refractivity contribution < 1.29 is 4.79 Å². The molecule has 28 heavy (non-hydrogen) atoms. The predicted octanol–water partition coefficient (Wildman–Crippen LogP) is 3.90. The van der Waals surface area contributed by atoms with E-state index >= 15 is 0 Å². The largest absolute Gasteiger partial charge is 0.325 e. The highest BCUT2D eigenvalue weighted by molar-refractivity contribution is 6.30. The Morgan fingerprint density at radius 3 is 2.61 bits per heavy atom. The van der Waals surface area contributed by atoms with E-state index in [0.717, 1.165) is 43.1 Å². The molecule has 1 atom stereocenters. The van der Waals surface area contributed by atoms with Crippen LogP contribution in [0.15, 0.2) is 42.6 Å². The molecule has 3 aromatic rings. The quantitative estimate of drug-likeness (QED) is 0.725. The molecule has 1 fully saturated rings. The Balaban J connectivity index is 1.37. The van der Waals surface area contributed by atoms with Crippen LogP contribution in [-0.4, -0.2) is 44.5 Å². The van der Waals surface area contributed by atoms with E-state index in [1.165, 1.54) is 5.56 Å². The number of halogens is 1. The average Bonchev–Trinajstić information content (AvgIpc) is 3.12. The van der Waals surface area contributed by atoms with Crippen molar-refractivity contribution in [3.05, 3.63) is 59.0 Å². The van der Waals surface area contributed by atoms with Gasteiger partial charge in [-0.25, -0.2) is 0 Å². The Kier molecular flexibility index (Phi) is 5.33. The number of piperidine rings is 1. The molecule has 0 bridgehead atoms. The molecular formula is C21H24ClN5O.